The smallest absolute Gasteiger partial charge is 0.306 e. The standard InChI is InChI=1S/C17H18FN3O2/c1-10-16-14(18)6-12(8-19)7-15(16)21(20-10)9-11-2-4-13(5-3-11)17(22)23/h6-7,11,13H,2-5,9H2,1H3,(H,22,23)/t11-,13-. The van der Waals surface area contributed by atoms with Gasteiger partial charge in [0.1, 0.15) is 5.82 Å². The van der Waals surface area contributed by atoms with Crippen molar-refractivity contribution in [3.8, 4) is 6.07 Å². The minimum Gasteiger partial charge on any atom is -0.481 e. The van der Waals surface area contributed by atoms with Gasteiger partial charge in [0, 0.05) is 6.54 Å². The van der Waals surface area contributed by atoms with E-state index in [1.54, 1.807) is 17.7 Å². The number of fused-ring (bicyclic) bond motifs is 1. The van der Waals surface area contributed by atoms with Crippen molar-refractivity contribution >= 4 is 16.9 Å². The molecule has 0 atom stereocenters. The van der Waals surface area contributed by atoms with Crippen LogP contribution in [0.1, 0.15) is 36.9 Å². The van der Waals surface area contributed by atoms with Crippen LogP contribution in [0.25, 0.3) is 10.9 Å². The molecule has 1 aromatic heterocycles. The molecule has 0 spiro atoms. The Morgan fingerprint density at radius 2 is 2.13 bits per heavy atom. The van der Waals surface area contributed by atoms with E-state index < -0.39 is 11.8 Å². The Bertz CT molecular complexity index is 798. The molecule has 0 radical (unpaired) electrons. The van der Waals surface area contributed by atoms with E-state index in [1.807, 2.05) is 6.07 Å². The number of carboxylic acid groups (broad SMARTS) is 1. The first kappa shape index (κ1) is 15.5. The van der Waals surface area contributed by atoms with E-state index in [1.165, 1.54) is 6.07 Å². The van der Waals surface area contributed by atoms with Gasteiger partial charge in [0.25, 0.3) is 0 Å². The van der Waals surface area contributed by atoms with Crippen molar-refractivity contribution in [2.75, 3.05) is 0 Å². The van der Waals surface area contributed by atoms with Crippen molar-refractivity contribution in [2.45, 2.75) is 39.2 Å². The highest BCUT2D eigenvalue weighted by Gasteiger charge is 2.27. The summed E-state index contributed by atoms with van der Waals surface area (Å²) in [6.45, 7) is 2.39. The largest absolute Gasteiger partial charge is 0.481 e. The maximum atomic E-state index is 14.2. The number of carboxylic acids is 1. The SMILES string of the molecule is Cc1nn(C[C@H]2CC[C@H](C(=O)O)CC2)c2cc(C#N)cc(F)c12. The van der Waals surface area contributed by atoms with Crippen LogP contribution in [0.4, 0.5) is 4.39 Å². The fourth-order valence-electron chi connectivity index (χ4n) is 3.48. The van der Waals surface area contributed by atoms with Crippen LogP contribution < -0.4 is 0 Å². The first-order chi connectivity index (χ1) is 11.0. The number of aromatic nitrogens is 2. The molecule has 1 heterocycles. The molecule has 3 rings (SSSR count). The van der Waals surface area contributed by atoms with Crippen LogP contribution in [0.2, 0.25) is 0 Å². The molecule has 0 aliphatic heterocycles. The molecule has 0 unspecified atom stereocenters. The van der Waals surface area contributed by atoms with Gasteiger partial charge in [-0.05, 0) is 50.7 Å². The summed E-state index contributed by atoms with van der Waals surface area (Å²) >= 11 is 0. The molecule has 1 N–H and O–H groups in total. The predicted molar refractivity (Wildman–Crippen MR) is 82.2 cm³/mol. The van der Waals surface area contributed by atoms with E-state index in [0.29, 0.717) is 41.9 Å². The average molecular weight is 315 g/mol. The van der Waals surface area contributed by atoms with Gasteiger partial charge in [-0.3, -0.25) is 9.48 Å². The summed E-state index contributed by atoms with van der Waals surface area (Å²) < 4.78 is 15.9. The zero-order valence-electron chi connectivity index (χ0n) is 12.9. The van der Waals surface area contributed by atoms with Gasteiger partial charge in [-0.1, -0.05) is 0 Å². The number of aryl methyl sites for hydroxylation is 1. The van der Waals surface area contributed by atoms with Crippen molar-refractivity contribution in [3.05, 3.63) is 29.2 Å². The van der Waals surface area contributed by atoms with E-state index in [0.717, 1.165) is 12.8 Å². The summed E-state index contributed by atoms with van der Waals surface area (Å²) in [6.07, 6.45) is 3.02. The summed E-state index contributed by atoms with van der Waals surface area (Å²) in [6, 6.07) is 4.88. The molecule has 0 bridgehead atoms. The van der Waals surface area contributed by atoms with Gasteiger partial charge in [0.2, 0.25) is 0 Å². The Morgan fingerprint density at radius 3 is 2.74 bits per heavy atom. The molecular formula is C17H18FN3O2. The van der Waals surface area contributed by atoms with E-state index in [-0.39, 0.29) is 11.5 Å². The van der Waals surface area contributed by atoms with Crippen LogP contribution in [-0.4, -0.2) is 20.9 Å². The van der Waals surface area contributed by atoms with Gasteiger partial charge >= 0.3 is 5.97 Å². The Kier molecular flexibility index (Phi) is 4.03. The molecule has 120 valence electrons. The summed E-state index contributed by atoms with van der Waals surface area (Å²) in [5.74, 6) is -1.05. The molecule has 0 amide bonds. The number of carbonyl (C=O) groups is 1. The highest BCUT2D eigenvalue weighted by Crippen LogP contribution is 2.31. The van der Waals surface area contributed by atoms with Gasteiger partial charge in [-0.15, -0.1) is 0 Å². The van der Waals surface area contributed by atoms with E-state index >= 15 is 0 Å². The van der Waals surface area contributed by atoms with E-state index in [2.05, 4.69) is 5.10 Å². The van der Waals surface area contributed by atoms with Gasteiger partial charge < -0.3 is 5.11 Å². The Labute approximate surface area is 133 Å². The Morgan fingerprint density at radius 1 is 1.43 bits per heavy atom. The maximum absolute atomic E-state index is 14.2. The van der Waals surface area contributed by atoms with Crippen LogP contribution in [0.3, 0.4) is 0 Å². The molecular weight excluding hydrogens is 297 g/mol. The van der Waals surface area contributed by atoms with Crippen molar-refractivity contribution in [1.29, 1.82) is 5.26 Å². The minimum absolute atomic E-state index is 0.245. The second-order valence-corrected chi connectivity index (χ2v) is 6.29. The van der Waals surface area contributed by atoms with Crippen LogP contribution in [-0.2, 0) is 11.3 Å². The first-order valence-corrected chi connectivity index (χ1v) is 7.79. The lowest BCUT2D eigenvalue weighted by molar-refractivity contribution is -0.143. The third kappa shape index (κ3) is 2.91. The second kappa shape index (κ2) is 5.99. The van der Waals surface area contributed by atoms with Gasteiger partial charge in [-0.25, -0.2) is 4.39 Å². The Hall–Kier alpha value is -2.42. The van der Waals surface area contributed by atoms with Crippen molar-refractivity contribution < 1.29 is 14.3 Å². The highest BCUT2D eigenvalue weighted by atomic mass is 19.1. The lowest BCUT2D eigenvalue weighted by Crippen LogP contribution is -2.24. The lowest BCUT2D eigenvalue weighted by atomic mass is 9.82. The molecule has 5 nitrogen and oxygen atoms in total. The first-order valence-electron chi connectivity index (χ1n) is 7.79. The maximum Gasteiger partial charge on any atom is 0.306 e. The van der Waals surface area contributed by atoms with Crippen LogP contribution >= 0.6 is 0 Å². The number of rotatable bonds is 3. The monoisotopic (exact) mass is 315 g/mol. The van der Waals surface area contributed by atoms with Crippen molar-refractivity contribution in [2.24, 2.45) is 11.8 Å². The molecule has 0 saturated heterocycles. The number of nitriles is 1. The number of benzene rings is 1. The summed E-state index contributed by atoms with van der Waals surface area (Å²) in [5.41, 5.74) is 1.53. The molecule has 2 aromatic rings. The zero-order valence-corrected chi connectivity index (χ0v) is 12.9. The van der Waals surface area contributed by atoms with Crippen LogP contribution in [0.15, 0.2) is 12.1 Å². The fraction of sp³-hybridized carbons (Fsp3) is 0.471. The fourth-order valence-corrected chi connectivity index (χ4v) is 3.48. The second-order valence-electron chi connectivity index (χ2n) is 6.29. The zero-order chi connectivity index (χ0) is 16.6. The number of hydrogen-bond donors (Lipinski definition) is 1. The number of halogens is 1. The number of hydrogen-bond acceptors (Lipinski definition) is 3. The third-order valence-electron chi connectivity index (χ3n) is 4.74. The van der Waals surface area contributed by atoms with Crippen molar-refractivity contribution in [1.82, 2.24) is 9.78 Å². The number of nitrogens with zero attached hydrogens (tertiary/aromatic N) is 3. The van der Waals surface area contributed by atoms with Crippen LogP contribution in [0.5, 0.6) is 0 Å². The van der Waals surface area contributed by atoms with Gasteiger partial charge in [-0.2, -0.15) is 10.4 Å². The molecule has 1 aliphatic carbocycles. The van der Waals surface area contributed by atoms with Gasteiger partial charge in [0.15, 0.2) is 0 Å². The highest BCUT2D eigenvalue weighted by molar-refractivity contribution is 5.83. The summed E-state index contributed by atoms with van der Waals surface area (Å²) in [7, 11) is 0. The predicted octanol–water partition coefficient (Wildman–Crippen LogP) is 3.25. The quantitative estimate of drug-likeness (QED) is 0.943. The van der Waals surface area contributed by atoms with Crippen LogP contribution in [0, 0.1) is 35.9 Å². The number of aliphatic carboxylic acids is 1. The van der Waals surface area contributed by atoms with E-state index in [4.69, 9.17) is 10.4 Å². The minimum atomic E-state index is -0.718. The molecule has 1 fully saturated rings. The Balaban J connectivity index is 1.85. The summed E-state index contributed by atoms with van der Waals surface area (Å²) in [5, 5.41) is 23.0. The van der Waals surface area contributed by atoms with Gasteiger partial charge in [0.05, 0.1) is 34.1 Å². The molecule has 6 heteroatoms. The molecule has 1 saturated carbocycles. The summed E-state index contributed by atoms with van der Waals surface area (Å²) in [4.78, 5) is 11.0. The normalized spacial score (nSPS) is 21.3. The average Bonchev–Trinajstić information content (AvgIpc) is 2.84. The molecule has 1 aliphatic rings. The molecule has 1 aromatic carbocycles. The van der Waals surface area contributed by atoms with Crippen molar-refractivity contribution in [3.63, 3.8) is 0 Å². The third-order valence-corrected chi connectivity index (χ3v) is 4.74. The topological polar surface area (TPSA) is 78.9 Å². The molecule has 23 heavy (non-hydrogen) atoms. The lowest BCUT2D eigenvalue weighted by Gasteiger charge is -2.26. The van der Waals surface area contributed by atoms with E-state index in [9.17, 15) is 9.18 Å².